The summed E-state index contributed by atoms with van der Waals surface area (Å²) in [6.07, 6.45) is 2.16. The Morgan fingerprint density at radius 1 is 1.42 bits per heavy atom. The molecule has 0 aromatic carbocycles. The number of aliphatic carboxylic acids is 1. The molecule has 0 saturated heterocycles. The number of rotatable bonds is 5. The Balaban J connectivity index is -0.000000405. The Hall–Kier alpha value is 0.680. The van der Waals surface area contributed by atoms with Gasteiger partial charge < -0.3 is 29.0 Å². The second kappa shape index (κ2) is 11.7. The Morgan fingerprint density at radius 2 is 1.92 bits per heavy atom. The fraction of sp³-hybridized carbons (Fsp3) is 0.833. The van der Waals surface area contributed by atoms with Gasteiger partial charge in [0.1, 0.15) is 6.04 Å². The van der Waals surface area contributed by atoms with E-state index in [0.29, 0.717) is 13.0 Å². The number of halogens is 1. The van der Waals surface area contributed by atoms with Crippen LogP contribution in [0.3, 0.4) is 0 Å². The maximum Gasteiger partial charge on any atom is 1.00 e. The fourth-order valence-electron chi connectivity index (χ4n) is 0.632. The number of carbonyl (C=O) groups is 1. The summed E-state index contributed by atoms with van der Waals surface area (Å²) in [5.41, 5.74) is 10.4. The second-order valence-corrected chi connectivity index (χ2v) is 2.23. The van der Waals surface area contributed by atoms with Gasteiger partial charge in [-0.15, -0.1) is 0 Å². The largest absolute Gasteiger partial charge is 1.00 e. The van der Waals surface area contributed by atoms with Gasteiger partial charge in [0.2, 0.25) is 0 Å². The molecule has 0 radical (unpaired) electrons. The van der Waals surface area contributed by atoms with Gasteiger partial charge in [0.05, 0.1) is 0 Å². The molecule has 0 aromatic heterocycles. The smallest absolute Gasteiger partial charge is 1.00 e. The van der Waals surface area contributed by atoms with E-state index < -0.39 is 12.0 Å². The summed E-state index contributed by atoms with van der Waals surface area (Å²) < 4.78 is 0. The first-order chi connectivity index (χ1) is 4.68. The molecule has 0 aliphatic carbocycles. The number of hydrogen-bond donors (Lipinski definition) is 3. The Labute approximate surface area is 101 Å². The SMILES string of the molecule is NCCCCC(N)C(=O)O.[Cl-].[Na+]. The van der Waals surface area contributed by atoms with Crippen molar-refractivity contribution in [3.8, 4) is 0 Å². The molecule has 0 bridgehead atoms. The van der Waals surface area contributed by atoms with Crippen molar-refractivity contribution in [2.75, 3.05) is 6.54 Å². The van der Waals surface area contributed by atoms with Gasteiger partial charge in [-0.25, -0.2) is 0 Å². The van der Waals surface area contributed by atoms with Crippen LogP contribution in [0.2, 0.25) is 0 Å². The van der Waals surface area contributed by atoms with Crippen LogP contribution in [0.5, 0.6) is 0 Å². The zero-order chi connectivity index (χ0) is 7.98. The maximum atomic E-state index is 10.1. The summed E-state index contributed by atoms with van der Waals surface area (Å²) in [4.78, 5) is 10.1. The summed E-state index contributed by atoms with van der Waals surface area (Å²) >= 11 is 0. The summed E-state index contributed by atoms with van der Waals surface area (Å²) in [7, 11) is 0. The van der Waals surface area contributed by atoms with Gasteiger partial charge in [0.15, 0.2) is 0 Å². The standard InChI is InChI=1S/C6H14N2O2.ClH.Na/c7-4-2-1-3-5(8)6(9)10;;/h5H,1-4,7-8H2,(H,9,10);1H;/q;;+1/p-1. The summed E-state index contributed by atoms with van der Waals surface area (Å²) in [5, 5.41) is 8.33. The second-order valence-electron chi connectivity index (χ2n) is 2.23. The molecule has 6 heteroatoms. The van der Waals surface area contributed by atoms with E-state index >= 15 is 0 Å². The van der Waals surface area contributed by atoms with E-state index in [2.05, 4.69) is 0 Å². The van der Waals surface area contributed by atoms with Crippen LogP contribution in [0.1, 0.15) is 19.3 Å². The molecule has 1 unspecified atom stereocenters. The molecule has 68 valence electrons. The maximum absolute atomic E-state index is 10.1. The van der Waals surface area contributed by atoms with E-state index in [1.54, 1.807) is 0 Å². The van der Waals surface area contributed by atoms with E-state index in [0.717, 1.165) is 12.8 Å². The third-order valence-electron chi connectivity index (χ3n) is 1.29. The van der Waals surface area contributed by atoms with Crippen molar-refractivity contribution < 1.29 is 51.9 Å². The Bertz CT molecular complexity index is 116. The molecule has 0 aromatic rings. The van der Waals surface area contributed by atoms with Crippen LogP contribution < -0.4 is 53.4 Å². The average molecular weight is 205 g/mol. The minimum atomic E-state index is -0.933. The number of carboxylic acid groups (broad SMARTS) is 1. The summed E-state index contributed by atoms with van der Waals surface area (Å²) in [6.45, 7) is 0.604. The van der Waals surface area contributed by atoms with Crippen molar-refractivity contribution in [3.63, 3.8) is 0 Å². The van der Waals surface area contributed by atoms with Crippen molar-refractivity contribution in [3.05, 3.63) is 0 Å². The van der Waals surface area contributed by atoms with Crippen LogP contribution >= 0.6 is 0 Å². The first kappa shape index (κ1) is 18.5. The molecular weight excluding hydrogens is 191 g/mol. The Morgan fingerprint density at radius 3 is 2.25 bits per heavy atom. The van der Waals surface area contributed by atoms with E-state index in [1.807, 2.05) is 0 Å². The number of carboxylic acids is 1. The topological polar surface area (TPSA) is 89.3 Å². The molecule has 5 N–H and O–H groups in total. The first-order valence-electron chi connectivity index (χ1n) is 3.37. The third kappa shape index (κ3) is 10.7. The Kier molecular flexibility index (Phi) is 18.0. The summed E-state index contributed by atoms with van der Waals surface area (Å²) in [5.74, 6) is -0.933. The van der Waals surface area contributed by atoms with Crippen molar-refractivity contribution in [2.45, 2.75) is 25.3 Å². The van der Waals surface area contributed by atoms with Gasteiger partial charge in [-0.1, -0.05) is 6.42 Å². The van der Waals surface area contributed by atoms with E-state index in [1.165, 1.54) is 0 Å². The zero-order valence-corrected chi connectivity index (χ0v) is 10.0. The molecule has 0 aliphatic rings. The quantitative estimate of drug-likeness (QED) is 0.307. The van der Waals surface area contributed by atoms with Crippen LogP contribution in [0.15, 0.2) is 0 Å². The van der Waals surface area contributed by atoms with E-state index in [4.69, 9.17) is 16.6 Å². The predicted molar refractivity (Wildman–Crippen MR) is 38.5 cm³/mol. The molecule has 0 saturated carbocycles. The predicted octanol–water partition coefficient (Wildman–Crippen LogP) is -6.46. The van der Waals surface area contributed by atoms with Gasteiger partial charge in [-0.3, -0.25) is 4.79 Å². The average Bonchev–Trinajstić information content (AvgIpc) is 1.88. The van der Waals surface area contributed by atoms with E-state index in [9.17, 15) is 4.79 Å². The molecular formula is C6H14ClN2NaO2. The monoisotopic (exact) mass is 204 g/mol. The summed E-state index contributed by atoms with van der Waals surface area (Å²) in [6, 6.07) is -0.716. The van der Waals surface area contributed by atoms with E-state index in [-0.39, 0.29) is 42.0 Å². The van der Waals surface area contributed by atoms with Crippen LogP contribution in [-0.4, -0.2) is 23.7 Å². The van der Waals surface area contributed by atoms with Gasteiger partial charge in [0, 0.05) is 0 Å². The van der Waals surface area contributed by atoms with Gasteiger partial charge in [-0.05, 0) is 19.4 Å². The number of hydrogen-bond acceptors (Lipinski definition) is 3. The molecule has 4 nitrogen and oxygen atoms in total. The van der Waals surface area contributed by atoms with Crippen molar-refractivity contribution in [1.82, 2.24) is 0 Å². The normalized spacial score (nSPS) is 10.8. The molecule has 0 rings (SSSR count). The minimum absolute atomic E-state index is 0. The molecule has 0 spiro atoms. The third-order valence-corrected chi connectivity index (χ3v) is 1.29. The molecule has 0 heterocycles. The van der Waals surface area contributed by atoms with Gasteiger partial charge in [0.25, 0.3) is 0 Å². The molecule has 1 atom stereocenters. The van der Waals surface area contributed by atoms with Gasteiger partial charge >= 0.3 is 35.5 Å². The van der Waals surface area contributed by atoms with Gasteiger partial charge in [-0.2, -0.15) is 0 Å². The molecule has 0 aliphatic heterocycles. The first-order valence-corrected chi connectivity index (χ1v) is 3.37. The minimum Gasteiger partial charge on any atom is -1.00 e. The molecule has 12 heavy (non-hydrogen) atoms. The molecule has 0 fully saturated rings. The van der Waals surface area contributed by atoms with Crippen LogP contribution in [-0.2, 0) is 4.79 Å². The number of nitrogens with two attached hydrogens (primary N) is 2. The van der Waals surface area contributed by atoms with Crippen molar-refractivity contribution >= 4 is 5.97 Å². The zero-order valence-electron chi connectivity index (χ0n) is 7.29. The fourth-order valence-corrected chi connectivity index (χ4v) is 0.632. The van der Waals surface area contributed by atoms with Crippen molar-refractivity contribution in [1.29, 1.82) is 0 Å². The molecule has 0 amide bonds. The van der Waals surface area contributed by atoms with Crippen LogP contribution in [0.4, 0.5) is 0 Å². The number of unbranched alkanes of at least 4 members (excludes halogenated alkanes) is 1. The van der Waals surface area contributed by atoms with Crippen molar-refractivity contribution in [2.24, 2.45) is 11.5 Å². The van der Waals surface area contributed by atoms with Crippen LogP contribution in [0.25, 0.3) is 0 Å². The van der Waals surface area contributed by atoms with Crippen LogP contribution in [0, 0.1) is 0 Å².